The number of hydrogen-bond donors (Lipinski definition) is 2. The first kappa shape index (κ1) is 11.1. The van der Waals surface area contributed by atoms with Gasteiger partial charge < -0.3 is 11.5 Å². The van der Waals surface area contributed by atoms with Crippen molar-refractivity contribution in [3.63, 3.8) is 0 Å². The summed E-state index contributed by atoms with van der Waals surface area (Å²) in [6.07, 6.45) is 1.03. The predicted octanol–water partition coefficient (Wildman–Crippen LogP) is 0.319. The Kier molecular flexibility index (Phi) is 3.22. The molecule has 4 nitrogen and oxygen atoms in total. The van der Waals surface area contributed by atoms with Gasteiger partial charge in [-0.05, 0) is 18.1 Å². The van der Waals surface area contributed by atoms with Gasteiger partial charge in [-0.3, -0.25) is 9.69 Å². The van der Waals surface area contributed by atoms with Crippen LogP contribution in [-0.4, -0.2) is 29.9 Å². The highest BCUT2D eigenvalue weighted by Gasteiger charge is 2.20. The van der Waals surface area contributed by atoms with Gasteiger partial charge in [0.1, 0.15) is 0 Å². The fourth-order valence-electron chi connectivity index (χ4n) is 2.15. The Hall–Kier alpha value is -1.39. The second-order valence-corrected chi connectivity index (χ2v) is 4.31. The number of amides is 1. The van der Waals surface area contributed by atoms with E-state index < -0.39 is 0 Å². The molecule has 1 aromatic rings. The van der Waals surface area contributed by atoms with E-state index in [1.807, 2.05) is 18.2 Å². The Balaban J connectivity index is 2.12. The topological polar surface area (TPSA) is 72.4 Å². The summed E-state index contributed by atoms with van der Waals surface area (Å²) in [4.78, 5) is 13.5. The van der Waals surface area contributed by atoms with Crippen LogP contribution in [0.4, 0.5) is 0 Å². The summed E-state index contributed by atoms with van der Waals surface area (Å²) < 4.78 is 0. The normalized spacial score (nSPS) is 21.2. The fourth-order valence-corrected chi connectivity index (χ4v) is 2.15. The summed E-state index contributed by atoms with van der Waals surface area (Å²) >= 11 is 0. The molecule has 1 aromatic carbocycles. The smallest absolute Gasteiger partial charge is 0.249 e. The average molecular weight is 219 g/mol. The number of carbonyl (C=O) groups is 1. The lowest BCUT2D eigenvalue weighted by atomic mass is 10.1. The molecule has 2 rings (SSSR count). The number of rotatable bonds is 3. The van der Waals surface area contributed by atoms with Gasteiger partial charge in [-0.15, -0.1) is 0 Å². The molecule has 1 atom stereocenters. The van der Waals surface area contributed by atoms with E-state index in [0.717, 1.165) is 31.6 Å². The lowest BCUT2D eigenvalue weighted by Gasteiger charge is -2.16. The Labute approximate surface area is 95.2 Å². The SMILES string of the molecule is NC(=O)c1ccccc1CN1CCC(N)C1. The van der Waals surface area contributed by atoms with E-state index in [1.165, 1.54) is 0 Å². The molecule has 1 unspecified atom stereocenters. The molecule has 1 aliphatic heterocycles. The lowest BCUT2D eigenvalue weighted by molar-refractivity contribution is 0.0998. The zero-order valence-corrected chi connectivity index (χ0v) is 9.23. The minimum atomic E-state index is -0.362. The third-order valence-corrected chi connectivity index (χ3v) is 2.99. The third-order valence-electron chi connectivity index (χ3n) is 2.99. The molecule has 0 bridgehead atoms. The minimum Gasteiger partial charge on any atom is -0.366 e. The van der Waals surface area contributed by atoms with E-state index in [1.54, 1.807) is 6.07 Å². The maximum absolute atomic E-state index is 11.2. The minimum absolute atomic E-state index is 0.265. The molecule has 0 spiro atoms. The van der Waals surface area contributed by atoms with Gasteiger partial charge in [-0.1, -0.05) is 18.2 Å². The van der Waals surface area contributed by atoms with Crippen molar-refractivity contribution < 1.29 is 4.79 Å². The number of benzene rings is 1. The summed E-state index contributed by atoms with van der Waals surface area (Å²) in [7, 11) is 0. The Morgan fingerprint density at radius 2 is 2.19 bits per heavy atom. The number of likely N-dealkylation sites (tertiary alicyclic amines) is 1. The van der Waals surface area contributed by atoms with E-state index in [2.05, 4.69) is 4.90 Å². The molecule has 16 heavy (non-hydrogen) atoms. The van der Waals surface area contributed by atoms with Crippen LogP contribution in [0.3, 0.4) is 0 Å². The van der Waals surface area contributed by atoms with Gasteiger partial charge in [-0.25, -0.2) is 0 Å². The van der Waals surface area contributed by atoms with Crippen molar-refractivity contribution in [2.75, 3.05) is 13.1 Å². The zero-order chi connectivity index (χ0) is 11.5. The first-order chi connectivity index (χ1) is 7.66. The van der Waals surface area contributed by atoms with Crippen LogP contribution in [0.5, 0.6) is 0 Å². The Morgan fingerprint density at radius 3 is 2.81 bits per heavy atom. The maximum Gasteiger partial charge on any atom is 0.249 e. The maximum atomic E-state index is 11.2. The largest absolute Gasteiger partial charge is 0.366 e. The molecule has 0 aliphatic carbocycles. The van der Waals surface area contributed by atoms with E-state index in [-0.39, 0.29) is 11.9 Å². The van der Waals surface area contributed by atoms with Crippen LogP contribution in [0.1, 0.15) is 22.3 Å². The Bertz CT molecular complexity index is 392. The zero-order valence-electron chi connectivity index (χ0n) is 9.23. The average Bonchev–Trinajstić information content (AvgIpc) is 2.64. The van der Waals surface area contributed by atoms with Crippen molar-refractivity contribution in [1.29, 1.82) is 0 Å². The van der Waals surface area contributed by atoms with Crippen molar-refractivity contribution in [2.24, 2.45) is 11.5 Å². The van der Waals surface area contributed by atoms with Crippen molar-refractivity contribution in [3.8, 4) is 0 Å². The van der Waals surface area contributed by atoms with Crippen LogP contribution in [0.25, 0.3) is 0 Å². The highest BCUT2D eigenvalue weighted by molar-refractivity contribution is 5.94. The fraction of sp³-hybridized carbons (Fsp3) is 0.417. The van der Waals surface area contributed by atoms with Gasteiger partial charge in [0.05, 0.1) is 0 Å². The molecule has 1 aliphatic rings. The first-order valence-corrected chi connectivity index (χ1v) is 5.52. The molecule has 86 valence electrons. The standard InChI is InChI=1S/C12H17N3O/c13-10-5-6-15(8-10)7-9-3-1-2-4-11(9)12(14)16/h1-4,10H,5-8,13H2,(H2,14,16). The van der Waals surface area contributed by atoms with Crippen LogP contribution >= 0.6 is 0 Å². The molecule has 4 N–H and O–H groups in total. The molecule has 4 heteroatoms. The molecule has 0 radical (unpaired) electrons. The third kappa shape index (κ3) is 2.40. The van der Waals surface area contributed by atoms with E-state index in [4.69, 9.17) is 11.5 Å². The number of nitrogens with two attached hydrogens (primary N) is 2. The van der Waals surface area contributed by atoms with E-state index >= 15 is 0 Å². The van der Waals surface area contributed by atoms with Gasteiger partial charge in [0.2, 0.25) is 5.91 Å². The van der Waals surface area contributed by atoms with Crippen molar-refractivity contribution in [3.05, 3.63) is 35.4 Å². The van der Waals surface area contributed by atoms with Crippen LogP contribution < -0.4 is 11.5 Å². The number of primary amides is 1. The van der Waals surface area contributed by atoms with Crippen molar-refractivity contribution in [1.82, 2.24) is 4.90 Å². The van der Waals surface area contributed by atoms with Crippen molar-refractivity contribution in [2.45, 2.75) is 19.0 Å². The Morgan fingerprint density at radius 1 is 1.44 bits per heavy atom. The molecule has 0 saturated carbocycles. The van der Waals surface area contributed by atoms with Gasteiger partial charge in [-0.2, -0.15) is 0 Å². The lowest BCUT2D eigenvalue weighted by Crippen LogP contribution is -2.27. The second-order valence-electron chi connectivity index (χ2n) is 4.31. The predicted molar refractivity (Wildman–Crippen MR) is 62.8 cm³/mol. The van der Waals surface area contributed by atoms with Crippen LogP contribution in [0.15, 0.2) is 24.3 Å². The summed E-state index contributed by atoms with van der Waals surface area (Å²) in [6.45, 7) is 2.65. The molecular weight excluding hydrogens is 202 g/mol. The van der Waals surface area contributed by atoms with Gasteiger partial charge in [0.15, 0.2) is 0 Å². The molecule has 1 fully saturated rings. The first-order valence-electron chi connectivity index (χ1n) is 5.52. The van der Waals surface area contributed by atoms with Crippen LogP contribution in [-0.2, 0) is 6.54 Å². The monoisotopic (exact) mass is 219 g/mol. The van der Waals surface area contributed by atoms with Crippen molar-refractivity contribution >= 4 is 5.91 Å². The van der Waals surface area contributed by atoms with Gasteiger partial charge in [0.25, 0.3) is 0 Å². The highest BCUT2D eigenvalue weighted by Crippen LogP contribution is 2.15. The summed E-state index contributed by atoms with van der Waals surface area (Å²) in [6, 6.07) is 7.75. The highest BCUT2D eigenvalue weighted by atomic mass is 16.1. The summed E-state index contributed by atoms with van der Waals surface area (Å²) in [5.41, 5.74) is 12.8. The molecule has 0 aromatic heterocycles. The van der Waals surface area contributed by atoms with E-state index in [9.17, 15) is 4.79 Å². The van der Waals surface area contributed by atoms with Crippen LogP contribution in [0, 0.1) is 0 Å². The molecule has 1 amide bonds. The second kappa shape index (κ2) is 4.63. The quantitative estimate of drug-likeness (QED) is 0.769. The van der Waals surface area contributed by atoms with Gasteiger partial charge >= 0.3 is 0 Å². The number of carbonyl (C=O) groups excluding carboxylic acids is 1. The number of hydrogen-bond acceptors (Lipinski definition) is 3. The van der Waals surface area contributed by atoms with Crippen LogP contribution in [0.2, 0.25) is 0 Å². The molecule has 1 saturated heterocycles. The molecular formula is C12H17N3O. The van der Waals surface area contributed by atoms with Gasteiger partial charge in [0, 0.05) is 31.2 Å². The number of nitrogens with zero attached hydrogens (tertiary/aromatic N) is 1. The molecule has 1 heterocycles. The summed E-state index contributed by atoms with van der Waals surface area (Å²) in [5, 5.41) is 0. The summed E-state index contributed by atoms with van der Waals surface area (Å²) in [5.74, 6) is -0.362. The van der Waals surface area contributed by atoms with E-state index in [0.29, 0.717) is 5.56 Å².